The molecule has 6 heteroatoms. The summed E-state index contributed by atoms with van der Waals surface area (Å²) in [6.07, 6.45) is 5.54. The van der Waals surface area contributed by atoms with E-state index in [0.717, 1.165) is 47.3 Å². The molecule has 0 saturated carbocycles. The van der Waals surface area contributed by atoms with Gasteiger partial charge in [-0.2, -0.15) is 0 Å². The summed E-state index contributed by atoms with van der Waals surface area (Å²) in [7, 11) is 0. The number of aryl methyl sites for hydroxylation is 1. The largest absolute Gasteiger partial charge is 0.324 e. The number of para-hydroxylation sites is 1. The standard InChI is InChI=1S/C23H27N3O2S/c1-4-15(3)16-7-5-6-8-18(16)25-20(27)12-26-13-24-22-21(23(26)28)17-10-9-14(2)11-19(17)29-22/h5-8,13-15H,4,9-12H2,1-3H3,(H,25,27)/t14-,15+/m0/s1. The van der Waals surface area contributed by atoms with Crippen molar-refractivity contribution in [1.29, 1.82) is 0 Å². The molecular formula is C23H27N3O2S. The summed E-state index contributed by atoms with van der Waals surface area (Å²) in [6.45, 7) is 6.50. The van der Waals surface area contributed by atoms with Crippen LogP contribution >= 0.6 is 11.3 Å². The minimum atomic E-state index is -0.207. The van der Waals surface area contributed by atoms with Crippen molar-refractivity contribution in [3.05, 3.63) is 57.0 Å². The van der Waals surface area contributed by atoms with Crippen molar-refractivity contribution in [3.63, 3.8) is 0 Å². The molecule has 0 fully saturated rings. The fourth-order valence-corrected chi connectivity index (χ4v) is 5.42. The van der Waals surface area contributed by atoms with Gasteiger partial charge >= 0.3 is 0 Å². The molecule has 3 aromatic rings. The van der Waals surface area contributed by atoms with Crippen LogP contribution in [0.1, 0.15) is 55.5 Å². The first kappa shape index (κ1) is 19.8. The lowest BCUT2D eigenvalue weighted by Gasteiger charge is -2.17. The number of aromatic nitrogens is 2. The Bertz CT molecular complexity index is 1110. The van der Waals surface area contributed by atoms with E-state index in [-0.39, 0.29) is 18.0 Å². The minimum Gasteiger partial charge on any atom is -0.324 e. The SMILES string of the molecule is CC[C@@H](C)c1ccccc1NC(=O)Cn1cnc2sc3c(c2c1=O)CC[C@H](C)C3. The average Bonchev–Trinajstić information content (AvgIpc) is 3.08. The van der Waals surface area contributed by atoms with Crippen molar-refractivity contribution in [1.82, 2.24) is 9.55 Å². The van der Waals surface area contributed by atoms with E-state index in [1.165, 1.54) is 15.8 Å². The average molecular weight is 410 g/mol. The second-order valence-corrected chi connectivity index (χ2v) is 9.24. The molecule has 0 radical (unpaired) electrons. The van der Waals surface area contributed by atoms with E-state index in [4.69, 9.17) is 0 Å². The summed E-state index contributed by atoms with van der Waals surface area (Å²) in [4.78, 5) is 32.4. The van der Waals surface area contributed by atoms with E-state index in [9.17, 15) is 9.59 Å². The number of nitrogens with one attached hydrogen (secondary N) is 1. The number of hydrogen-bond donors (Lipinski definition) is 1. The van der Waals surface area contributed by atoms with Gasteiger partial charge in [0.25, 0.3) is 5.56 Å². The van der Waals surface area contributed by atoms with E-state index in [1.54, 1.807) is 11.3 Å². The van der Waals surface area contributed by atoms with Crippen molar-refractivity contribution in [3.8, 4) is 0 Å². The first-order valence-electron chi connectivity index (χ1n) is 10.4. The third-order valence-corrected chi connectivity index (χ3v) is 7.14. The molecule has 152 valence electrons. The van der Waals surface area contributed by atoms with Crippen LogP contribution in [0.2, 0.25) is 0 Å². The second kappa shape index (κ2) is 8.11. The number of hydrogen-bond acceptors (Lipinski definition) is 4. The fourth-order valence-electron chi connectivity index (χ4n) is 4.08. The lowest BCUT2D eigenvalue weighted by atomic mass is 9.89. The molecule has 0 aliphatic heterocycles. The molecule has 2 aromatic heterocycles. The second-order valence-electron chi connectivity index (χ2n) is 8.15. The molecule has 1 aromatic carbocycles. The highest BCUT2D eigenvalue weighted by molar-refractivity contribution is 7.18. The Morgan fingerprint density at radius 1 is 1.38 bits per heavy atom. The van der Waals surface area contributed by atoms with Crippen molar-refractivity contribution >= 4 is 33.1 Å². The molecule has 2 atom stereocenters. The zero-order chi connectivity index (χ0) is 20.5. The Balaban J connectivity index is 1.60. The number of nitrogens with zero attached hydrogens (tertiary/aromatic N) is 2. The highest BCUT2D eigenvalue weighted by atomic mass is 32.1. The van der Waals surface area contributed by atoms with Crippen LogP contribution in [0.3, 0.4) is 0 Å². The predicted molar refractivity (Wildman–Crippen MR) is 119 cm³/mol. The molecule has 2 heterocycles. The quantitative estimate of drug-likeness (QED) is 0.662. The highest BCUT2D eigenvalue weighted by Gasteiger charge is 2.23. The zero-order valence-electron chi connectivity index (χ0n) is 17.2. The third-order valence-electron chi connectivity index (χ3n) is 5.97. The molecular weight excluding hydrogens is 382 g/mol. The molecule has 29 heavy (non-hydrogen) atoms. The van der Waals surface area contributed by atoms with Crippen molar-refractivity contribution in [2.45, 2.75) is 58.9 Å². The fraction of sp³-hybridized carbons (Fsp3) is 0.435. The van der Waals surface area contributed by atoms with Gasteiger partial charge in [-0.1, -0.05) is 39.0 Å². The van der Waals surface area contributed by atoms with E-state index in [2.05, 4.69) is 31.1 Å². The number of rotatable bonds is 5. The summed E-state index contributed by atoms with van der Waals surface area (Å²) >= 11 is 1.63. The van der Waals surface area contributed by atoms with Gasteiger partial charge in [0.05, 0.1) is 11.7 Å². The maximum Gasteiger partial charge on any atom is 0.262 e. The molecule has 0 bridgehead atoms. The van der Waals surface area contributed by atoms with Crippen molar-refractivity contribution in [2.24, 2.45) is 5.92 Å². The van der Waals surface area contributed by atoms with E-state index in [1.807, 2.05) is 24.3 Å². The Hall–Kier alpha value is -2.47. The minimum absolute atomic E-state index is 0.0301. The predicted octanol–water partition coefficient (Wildman–Crippen LogP) is 4.74. The molecule has 4 rings (SSSR count). The van der Waals surface area contributed by atoms with Crippen LogP contribution in [0.4, 0.5) is 5.69 Å². The molecule has 1 aliphatic rings. The maximum absolute atomic E-state index is 13.1. The number of fused-ring (bicyclic) bond motifs is 3. The molecule has 0 saturated heterocycles. The number of carbonyl (C=O) groups excluding carboxylic acids is 1. The smallest absolute Gasteiger partial charge is 0.262 e. The van der Waals surface area contributed by atoms with E-state index < -0.39 is 0 Å². The molecule has 1 N–H and O–H groups in total. The number of anilines is 1. The first-order chi connectivity index (χ1) is 14.0. The first-order valence-corrected chi connectivity index (χ1v) is 11.2. The third kappa shape index (κ3) is 3.86. The van der Waals surface area contributed by atoms with Gasteiger partial charge in [0.1, 0.15) is 11.4 Å². The Labute approximate surface area is 174 Å². The molecule has 1 amide bonds. The lowest BCUT2D eigenvalue weighted by Crippen LogP contribution is -2.28. The van der Waals surface area contributed by atoms with Gasteiger partial charge in [-0.15, -0.1) is 11.3 Å². The van der Waals surface area contributed by atoms with E-state index in [0.29, 0.717) is 17.2 Å². The lowest BCUT2D eigenvalue weighted by molar-refractivity contribution is -0.116. The summed E-state index contributed by atoms with van der Waals surface area (Å²) in [5.41, 5.74) is 2.98. The summed E-state index contributed by atoms with van der Waals surface area (Å²) in [5, 5.41) is 3.70. The van der Waals surface area contributed by atoms with Gasteiger partial charge in [0, 0.05) is 10.6 Å². The number of carbonyl (C=O) groups is 1. The van der Waals surface area contributed by atoms with Crippen molar-refractivity contribution in [2.75, 3.05) is 5.32 Å². The van der Waals surface area contributed by atoms with Crippen LogP contribution in [-0.4, -0.2) is 15.5 Å². The highest BCUT2D eigenvalue weighted by Crippen LogP contribution is 2.35. The monoisotopic (exact) mass is 409 g/mol. The Kier molecular flexibility index (Phi) is 5.54. The summed E-state index contributed by atoms with van der Waals surface area (Å²) in [6, 6.07) is 7.86. The van der Waals surface area contributed by atoms with Gasteiger partial charge < -0.3 is 5.32 Å². The van der Waals surface area contributed by atoms with Crippen molar-refractivity contribution < 1.29 is 4.79 Å². The van der Waals surface area contributed by atoms with Crippen LogP contribution in [0.5, 0.6) is 0 Å². The van der Waals surface area contributed by atoms with Gasteiger partial charge in [0.2, 0.25) is 5.91 Å². The Morgan fingerprint density at radius 2 is 2.17 bits per heavy atom. The van der Waals surface area contributed by atoms with Gasteiger partial charge in [-0.25, -0.2) is 4.98 Å². The molecule has 0 unspecified atom stereocenters. The molecule has 0 spiro atoms. The number of benzene rings is 1. The maximum atomic E-state index is 13.1. The van der Waals surface area contributed by atoms with Crippen LogP contribution in [0.15, 0.2) is 35.4 Å². The Morgan fingerprint density at radius 3 is 2.97 bits per heavy atom. The normalized spacial score (nSPS) is 17.1. The van der Waals surface area contributed by atoms with Crippen LogP contribution < -0.4 is 10.9 Å². The summed E-state index contributed by atoms with van der Waals surface area (Å²) < 4.78 is 1.44. The van der Waals surface area contributed by atoms with Crippen LogP contribution in [-0.2, 0) is 24.2 Å². The number of thiophene rings is 1. The van der Waals surface area contributed by atoms with Gasteiger partial charge in [0.15, 0.2) is 0 Å². The van der Waals surface area contributed by atoms with Crippen LogP contribution in [0.25, 0.3) is 10.2 Å². The van der Waals surface area contributed by atoms with Gasteiger partial charge in [-0.3, -0.25) is 14.2 Å². The van der Waals surface area contributed by atoms with Crippen LogP contribution in [0, 0.1) is 5.92 Å². The molecule has 5 nitrogen and oxygen atoms in total. The summed E-state index contributed by atoms with van der Waals surface area (Å²) in [5.74, 6) is 0.794. The number of amides is 1. The molecule has 1 aliphatic carbocycles. The van der Waals surface area contributed by atoms with E-state index >= 15 is 0 Å². The topological polar surface area (TPSA) is 64.0 Å². The zero-order valence-corrected chi connectivity index (χ0v) is 18.0. The van der Waals surface area contributed by atoms with Gasteiger partial charge in [-0.05, 0) is 54.7 Å².